The molecule has 0 atom stereocenters. The predicted molar refractivity (Wildman–Crippen MR) is 133 cm³/mol. The molecule has 0 saturated carbocycles. The molecule has 9 heteroatoms. The molecule has 166 valence electrons. The van der Waals surface area contributed by atoms with Gasteiger partial charge in [0.05, 0.1) is 24.2 Å². The van der Waals surface area contributed by atoms with E-state index in [4.69, 9.17) is 17.0 Å². The Morgan fingerprint density at radius 3 is 2.27 bits per heavy atom. The fraction of sp³-hybridized carbons (Fsp3) is 0.0833. The van der Waals surface area contributed by atoms with Gasteiger partial charge in [-0.2, -0.15) is 5.11 Å². The van der Waals surface area contributed by atoms with Crippen molar-refractivity contribution in [3.8, 4) is 23.0 Å². The van der Waals surface area contributed by atoms with Gasteiger partial charge in [0.15, 0.2) is 4.77 Å². The summed E-state index contributed by atoms with van der Waals surface area (Å²) >= 11 is 9.03. The second-order valence-electron chi connectivity index (χ2n) is 7.11. The topological polar surface area (TPSA) is 81.1 Å². The van der Waals surface area contributed by atoms with E-state index in [2.05, 4.69) is 26.2 Å². The fourth-order valence-electron chi connectivity index (χ4n) is 3.24. The molecule has 0 amide bonds. The molecular weight excluding hydrogens is 504 g/mol. The molecule has 0 unspecified atom stereocenters. The quantitative estimate of drug-likeness (QED) is 0.237. The van der Waals surface area contributed by atoms with E-state index < -0.39 is 11.4 Å². The Morgan fingerprint density at radius 1 is 0.939 bits per heavy atom. The van der Waals surface area contributed by atoms with Crippen LogP contribution in [-0.4, -0.2) is 21.4 Å². The minimum atomic E-state index is -0.589. The minimum Gasteiger partial charge on any atom is -0.495 e. The van der Waals surface area contributed by atoms with Crippen molar-refractivity contribution in [3.05, 3.63) is 98.0 Å². The molecule has 7 nitrogen and oxygen atoms in total. The normalized spacial score (nSPS) is 11.1. The van der Waals surface area contributed by atoms with E-state index >= 15 is 0 Å². The lowest BCUT2D eigenvalue weighted by atomic mass is 10.2. The zero-order valence-corrected chi connectivity index (χ0v) is 20.2. The number of methoxy groups -OCH3 is 1. The van der Waals surface area contributed by atoms with Gasteiger partial charge in [-0.1, -0.05) is 45.8 Å². The van der Waals surface area contributed by atoms with Gasteiger partial charge < -0.3 is 9.84 Å². The van der Waals surface area contributed by atoms with Crippen LogP contribution in [0.3, 0.4) is 0 Å². The lowest BCUT2D eigenvalue weighted by Crippen LogP contribution is -2.23. The molecule has 0 aliphatic heterocycles. The van der Waals surface area contributed by atoms with Crippen molar-refractivity contribution in [1.29, 1.82) is 0 Å². The molecule has 3 aromatic carbocycles. The van der Waals surface area contributed by atoms with Crippen molar-refractivity contribution in [2.75, 3.05) is 7.11 Å². The average Bonchev–Trinajstić information content (AvgIpc) is 2.81. The summed E-state index contributed by atoms with van der Waals surface area (Å²) in [6, 6.07) is 21.4. The summed E-state index contributed by atoms with van der Waals surface area (Å²) in [6.45, 7) is 1.95. The zero-order valence-electron chi connectivity index (χ0n) is 17.8. The fourth-order valence-corrected chi connectivity index (χ4v) is 3.88. The van der Waals surface area contributed by atoms with Gasteiger partial charge in [0, 0.05) is 4.47 Å². The van der Waals surface area contributed by atoms with Crippen LogP contribution in [0.2, 0.25) is 0 Å². The lowest BCUT2D eigenvalue weighted by molar-refractivity contribution is 0.402. The Morgan fingerprint density at radius 2 is 1.61 bits per heavy atom. The van der Waals surface area contributed by atoms with Crippen LogP contribution in [0.15, 0.2) is 92.3 Å². The van der Waals surface area contributed by atoms with Crippen molar-refractivity contribution in [2.45, 2.75) is 6.92 Å². The average molecular weight is 523 g/mol. The summed E-state index contributed by atoms with van der Waals surface area (Å²) in [5, 5.41) is 19.4. The summed E-state index contributed by atoms with van der Waals surface area (Å²) in [7, 11) is 1.52. The van der Waals surface area contributed by atoms with Gasteiger partial charge in [0.1, 0.15) is 5.75 Å². The molecule has 33 heavy (non-hydrogen) atoms. The molecule has 0 saturated heterocycles. The van der Waals surface area contributed by atoms with Crippen LogP contribution < -0.4 is 10.3 Å². The predicted octanol–water partition coefficient (Wildman–Crippen LogP) is 6.56. The first-order chi connectivity index (χ1) is 15.9. The Bertz CT molecular complexity index is 1460. The molecule has 0 bridgehead atoms. The first-order valence-corrected chi connectivity index (χ1v) is 11.1. The van der Waals surface area contributed by atoms with Crippen LogP contribution in [0.4, 0.5) is 11.4 Å². The maximum Gasteiger partial charge on any atom is 0.290 e. The van der Waals surface area contributed by atoms with Gasteiger partial charge >= 0.3 is 0 Å². The third-order valence-corrected chi connectivity index (χ3v) is 5.82. The Hall–Kier alpha value is -3.56. The van der Waals surface area contributed by atoms with E-state index in [9.17, 15) is 9.90 Å². The van der Waals surface area contributed by atoms with E-state index in [1.807, 2.05) is 19.1 Å². The Balaban J connectivity index is 2.02. The molecule has 0 aliphatic carbocycles. The van der Waals surface area contributed by atoms with E-state index in [0.717, 1.165) is 10.0 Å². The molecule has 0 aliphatic rings. The summed E-state index contributed by atoms with van der Waals surface area (Å²) in [5.41, 5.74) is 1.71. The Kier molecular flexibility index (Phi) is 6.52. The summed E-state index contributed by atoms with van der Waals surface area (Å²) in [5.74, 6) is 0.0347. The van der Waals surface area contributed by atoms with Crippen molar-refractivity contribution in [3.63, 3.8) is 0 Å². The molecule has 4 aromatic rings. The van der Waals surface area contributed by atoms with Crippen LogP contribution in [-0.2, 0) is 0 Å². The van der Waals surface area contributed by atoms with Crippen LogP contribution in [0.5, 0.6) is 11.6 Å². The molecular formula is C24H19BrN4O3S. The summed E-state index contributed by atoms with van der Waals surface area (Å²) in [4.78, 5) is 13.4. The molecule has 4 rings (SSSR count). The Labute approximate surface area is 203 Å². The number of halogens is 1. The highest BCUT2D eigenvalue weighted by Gasteiger charge is 2.21. The minimum absolute atomic E-state index is 0.0634. The number of rotatable bonds is 5. The molecule has 1 N–H and O–H groups in total. The number of hydrogen-bond donors (Lipinski definition) is 1. The maximum atomic E-state index is 13.4. The number of ether oxygens (including phenoxy) is 1. The molecule has 1 heterocycles. The molecule has 1 aromatic heterocycles. The highest BCUT2D eigenvalue weighted by molar-refractivity contribution is 9.10. The van der Waals surface area contributed by atoms with Crippen molar-refractivity contribution < 1.29 is 9.84 Å². The first kappa shape index (κ1) is 22.6. The van der Waals surface area contributed by atoms with Gasteiger partial charge in [-0.15, -0.1) is 5.11 Å². The zero-order chi connectivity index (χ0) is 23.5. The van der Waals surface area contributed by atoms with Gasteiger partial charge in [0.2, 0.25) is 11.6 Å². The lowest BCUT2D eigenvalue weighted by Gasteiger charge is -2.17. The van der Waals surface area contributed by atoms with Crippen LogP contribution in [0.25, 0.3) is 11.4 Å². The third-order valence-electron chi connectivity index (χ3n) is 4.92. The molecule has 0 radical (unpaired) electrons. The number of benzene rings is 3. The van der Waals surface area contributed by atoms with Crippen molar-refractivity contribution in [2.24, 2.45) is 10.2 Å². The summed E-state index contributed by atoms with van der Waals surface area (Å²) < 4.78 is 9.07. The monoisotopic (exact) mass is 522 g/mol. The number of aromatic nitrogens is 2. The molecule has 0 spiro atoms. The highest BCUT2D eigenvalue weighted by Crippen LogP contribution is 2.32. The van der Waals surface area contributed by atoms with Crippen LogP contribution >= 0.6 is 28.1 Å². The highest BCUT2D eigenvalue weighted by atomic mass is 79.9. The molecule has 0 fully saturated rings. The smallest absolute Gasteiger partial charge is 0.290 e. The van der Waals surface area contributed by atoms with Gasteiger partial charge in [-0.05, 0) is 67.7 Å². The SMILES string of the molecule is COc1ccccc1-n1c(O)c(N=Nc2ccc(Br)cc2)c(=O)n(-c2ccc(C)cc2)c1=S. The second-order valence-corrected chi connectivity index (χ2v) is 8.40. The van der Waals surface area contributed by atoms with E-state index in [0.29, 0.717) is 22.8 Å². The van der Waals surface area contributed by atoms with Crippen molar-refractivity contribution >= 4 is 39.5 Å². The summed E-state index contributed by atoms with van der Waals surface area (Å²) in [6.07, 6.45) is 0. The van der Waals surface area contributed by atoms with Gasteiger partial charge in [0.25, 0.3) is 5.56 Å². The largest absolute Gasteiger partial charge is 0.495 e. The standard InChI is InChI=1S/C24H19BrN4O3S/c1-15-7-13-18(14-8-15)28-22(30)21(27-26-17-11-9-16(25)10-12-17)23(31)29(24(28)33)19-5-3-4-6-20(19)32-2/h3-14,31H,1-2H3. The number of aromatic hydroxyl groups is 1. The number of para-hydroxylation sites is 2. The van der Waals surface area contributed by atoms with Gasteiger partial charge in [-0.3, -0.25) is 13.9 Å². The number of hydrogen-bond acceptors (Lipinski definition) is 6. The van der Waals surface area contributed by atoms with Crippen molar-refractivity contribution in [1.82, 2.24) is 9.13 Å². The first-order valence-electron chi connectivity index (χ1n) is 9.89. The van der Waals surface area contributed by atoms with E-state index in [1.54, 1.807) is 60.7 Å². The maximum absolute atomic E-state index is 13.4. The van der Waals surface area contributed by atoms with Crippen LogP contribution in [0, 0.1) is 11.7 Å². The number of nitrogens with zero attached hydrogens (tertiary/aromatic N) is 4. The van der Waals surface area contributed by atoms with Gasteiger partial charge in [-0.25, -0.2) is 0 Å². The van der Waals surface area contributed by atoms with Crippen LogP contribution in [0.1, 0.15) is 5.56 Å². The van der Waals surface area contributed by atoms with E-state index in [-0.39, 0.29) is 10.5 Å². The van der Waals surface area contributed by atoms with E-state index in [1.165, 1.54) is 16.2 Å². The third kappa shape index (κ3) is 4.50. The number of azo groups is 1. The second kappa shape index (κ2) is 9.51. The number of aryl methyl sites for hydroxylation is 1.